The first-order chi connectivity index (χ1) is 29.5. The number of aliphatic hydroxyl groups is 2. The maximum absolute atomic E-state index is 13.2. The van der Waals surface area contributed by atoms with Crippen molar-refractivity contribution < 1.29 is 24.5 Å². The van der Waals surface area contributed by atoms with E-state index in [0.717, 1.165) is 70.6 Å². The number of esters is 1. The van der Waals surface area contributed by atoms with Gasteiger partial charge < -0.3 is 20.3 Å². The van der Waals surface area contributed by atoms with Crippen LogP contribution in [0.2, 0.25) is 0 Å². The summed E-state index contributed by atoms with van der Waals surface area (Å²) in [7, 11) is 0. The van der Waals surface area contributed by atoms with Crippen molar-refractivity contribution in [3.63, 3.8) is 0 Å². The van der Waals surface area contributed by atoms with Gasteiger partial charge in [0.25, 0.3) is 0 Å². The van der Waals surface area contributed by atoms with Gasteiger partial charge in [-0.25, -0.2) is 0 Å². The molecule has 6 nitrogen and oxygen atoms in total. The minimum Gasteiger partial charge on any atom is -0.462 e. The molecule has 0 heterocycles. The summed E-state index contributed by atoms with van der Waals surface area (Å²) in [6, 6.07) is -0.714. The molecule has 0 aromatic heterocycles. The number of amides is 1. The zero-order chi connectivity index (χ0) is 43.8. The monoisotopic (exact) mass is 840 g/mol. The molecular formula is C54H97NO5. The van der Waals surface area contributed by atoms with E-state index in [9.17, 15) is 19.8 Å². The van der Waals surface area contributed by atoms with Gasteiger partial charge in [0.15, 0.2) is 0 Å². The summed E-state index contributed by atoms with van der Waals surface area (Å²) in [6.45, 7) is 6.35. The largest absolute Gasteiger partial charge is 0.462 e. The Labute approximate surface area is 371 Å². The minimum absolute atomic E-state index is 0.0491. The molecule has 0 fully saturated rings. The van der Waals surface area contributed by atoms with Gasteiger partial charge in [-0.1, -0.05) is 236 Å². The third-order valence-electron chi connectivity index (χ3n) is 11.4. The molecule has 0 aromatic rings. The highest BCUT2D eigenvalue weighted by molar-refractivity contribution is 5.77. The van der Waals surface area contributed by atoms with Gasteiger partial charge in [0.1, 0.15) is 6.10 Å². The Hall–Kier alpha value is -2.44. The van der Waals surface area contributed by atoms with E-state index >= 15 is 0 Å². The minimum atomic E-state index is -0.798. The average Bonchev–Trinajstić information content (AvgIpc) is 3.24. The number of hydrogen-bond donors (Lipinski definition) is 3. The van der Waals surface area contributed by atoms with Gasteiger partial charge in [0, 0.05) is 6.42 Å². The van der Waals surface area contributed by atoms with E-state index < -0.39 is 18.2 Å². The van der Waals surface area contributed by atoms with Crippen molar-refractivity contribution in [3.05, 3.63) is 60.8 Å². The van der Waals surface area contributed by atoms with Gasteiger partial charge in [-0.3, -0.25) is 9.59 Å². The Balaban J connectivity index is 4.69. The summed E-state index contributed by atoms with van der Waals surface area (Å²) in [5, 5.41) is 23.7. The van der Waals surface area contributed by atoms with Crippen LogP contribution < -0.4 is 5.32 Å². The maximum Gasteiger partial charge on any atom is 0.306 e. The molecule has 1 amide bonds. The Bertz CT molecular complexity index is 1080. The zero-order valence-corrected chi connectivity index (χ0v) is 39.6. The number of nitrogens with one attached hydrogen (secondary N) is 1. The Morgan fingerprint density at radius 2 is 0.867 bits per heavy atom. The smallest absolute Gasteiger partial charge is 0.306 e. The molecule has 3 unspecified atom stereocenters. The van der Waals surface area contributed by atoms with Crippen molar-refractivity contribution >= 4 is 11.9 Å². The van der Waals surface area contributed by atoms with Crippen molar-refractivity contribution in [3.8, 4) is 0 Å². The molecule has 0 spiro atoms. The molecule has 0 saturated heterocycles. The normalized spacial score (nSPS) is 13.8. The molecule has 348 valence electrons. The third kappa shape index (κ3) is 42.3. The number of hydrogen-bond acceptors (Lipinski definition) is 5. The van der Waals surface area contributed by atoms with Crippen molar-refractivity contribution in [2.75, 3.05) is 6.61 Å². The summed E-state index contributed by atoms with van der Waals surface area (Å²) >= 11 is 0. The van der Waals surface area contributed by atoms with Crippen molar-refractivity contribution in [2.24, 2.45) is 0 Å². The fourth-order valence-corrected chi connectivity index (χ4v) is 7.54. The van der Waals surface area contributed by atoms with E-state index in [1.807, 2.05) is 6.08 Å². The molecule has 3 N–H and O–H groups in total. The number of ether oxygens (including phenoxy) is 1. The second kappa shape index (κ2) is 47.6. The number of rotatable bonds is 45. The quantitative estimate of drug-likeness (QED) is 0.0322. The number of unbranched alkanes of at least 4 members (excludes halogenated alkanes) is 23. The Morgan fingerprint density at radius 3 is 1.27 bits per heavy atom. The molecule has 0 rings (SSSR count). The topological polar surface area (TPSA) is 95.9 Å². The average molecular weight is 840 g/mol. The highest BCUT2D eigenvalue weighted by Crippen LogP contribution is 2.18. The van der Waals surface area contributed by atoms with Gasteiger partial charge in [0.2, 0.25) is 5.91 Å². The number of carbonyl (C=O) groups excluding carboxylic acids is 2. The fourth-order valence-electron chi connectivity index (χ4n) is 7.54. The van der Waals surface area contributed by atoms with E-state index in [0.29, 0.717) is 19.3 Å². The third-order valence-corrected chi connectivity index (χ3v) is 11.4. The molecule has 60 heavy (non-hydrogen) atoms. The summed E-state index contributed by atoms with van der Waals surface area (Å²) in [4.78, 5) is 26.1. The van der Waals surface area contributed by atoms with Crippen LogP contribution in [0.15, 0.2) is 60.8 Å². The molecule has 3 atom stereocenters. The zero-order valence-electron chi connectivity index (χ0n) is 39.6. The molecular weight excluding hydrogens is 743 g/mol. The van der Waals surface area contributed by atoms with E-state index in [1.165, 1.54) is 122 Å². The molecule has 0 bridgehead atoms. The molecule has 0 radical (unpaired) electrons. The Morgan fingerprint density at radius 1 is 0.500 bits per heavy atom. The lowest BCUT2D eigenvalue weighted by Crippen LogP contribution is -2.46. The van der Waals surface area contributed by atoms with Crippen LogP contribution in [0.25, 0.3) is 0 Å². The second-order valence-electron chi connectivity index (χ2n) is 17.2. The van der Waals surface area contributed by atoms with Crippen LogP contribution in [-0.2, 0) is 14.3 Å². The Kier molecular flexibility index (Phi) is 45.7. The molecule has 0 saturated carbocycles. The first-order valence-electron chi connectivity index (χ1n) is 25.5. The van der Waals surface area contributed by atoms with Crippen molar-refractivity contribution in [1.29, 1.82) is 0 Å². The molecule has 0 aliphatic heterocycles. The van der Waals surface area contributed by atoms with Gasteiger partial charge >= 0.3 is 5.97 Å². The van der Waals surface area contributed by atoms with Crippen LogP contribution in [0.3, 0.4) is 0 Å². The lowest BCUT2D eigenvalue weighted by Gasteiger charge is -2.24. The molecule has 0 aliphatic carbocycles. The van der Waals surface area contributed by atoms with Gasteiger partial charge in [-0.05, 0) is 57.8 Å². The van der Waals surface area contributed by atoms with Crippen molar-refractivity contribution in [1.82, 2.24) is 5.32 Å². The van der Waals surface area contributed by atoms with Crippen LogP contribution in [0.4, 0.5) is 0 Å². The van der Waals surface area contributed by atoms with E-state index in [2.05, 4.69) is 80.8 Å². The number of allylic oxidation sites excluding steroid dienone is 10. The highest BCUT2D eigenvalue weighted by atomic mass is 16.5. The van der Waals surface area contributed by atoms with Crippen LogP contribution in [0.1, 0.15) is 245 Å². The predicted molar refractivity (Wildman–Crippen MR) is 259 cm³/mol. The van der Waals surface area contributed by atoms with Crippen molar-refractivity contribution in [2.45, 2.75) is 264 Å². The van der Waals surface area contributed by atoms with Crippen LogP contribution in [0, 0.1) is 0 Å². The van der Waals surface area contributed by atoms with E-state index in [1.54, 1.807) is 0 Å². The lowest BCUT2D eigenvalue weighted by atomic mass is 10.0. The summed E-state index contributed by atoms with van der Waals surface area (Å²) in [6.07, 6.45) is 58.6. The number of aliphatic hydroxyl groups excluding tert-OH is 2. The predicted octanol–water partition coefficient (Wildman–Crippen LogP) is 15.2. The van der Waals surface area contributed by atoms with E-state index in [-0.39, 0.29) is 31.3 Å². The number of carbonyl (C=O) groups is 2. The summed E-state index contributed by atoms with van der Waals surface area (Å²) < 4.78 is 5.89. The maximum atomic E-state index is 13.2. The first kappa shape index (κ1) is 57.6. The standard InChI is InChI=1S/C54H97NO5/c1-4-7-10-13-16-19-22-24-26-27-29-32-35-38-41-44-47-54(59)60-50(45-42-39-36-33-31-28-25-23-20-17-14-11-8-5-2)48-53(58)55-51(49-56)52(57)46-43-40-37-34-30-21-18-15-12-9-6-3/h7,10,16,19,24,26,29,32,38,41,50-52,56-57H,4-6,8-9,11-15,17-18,20-23,25,27-28,30-31,33-37,39-40,42-49H2,1-3H3,(H,55,58)/b10-7+,19-16+,26-24+,32-29+,41-38+. The SMILES string of the molecule is CC/C=C/C/C=C/C/C=C/C/C=C/C/C=C/CCC(=O)OC(CCCCCCCCCCCCCCCC)CC(=O)NC(CO)C(O)CCCCCCCCCCCCC. The summed E-state index contributed by atoms with van der Waals surface area (Å²) in [5.74, 6) is -0.567. The van der Waals surface area contributed by atoms with E-state index in [4.69, 9.17) is 4.74 Å². The fraction of sp³-hybridized carbons (Fsp3) is 0.778. The van der Waals surface area contributed by atoms with Gasteiger partial charge in [-0.15, -0.1) is 0 Å². The van der Waals surface area contributed by atoms with Gasteiger partial charge in [-0.2, -0.15) is 0 Å². The highest BCUT2D eigenvalue weighted by Gasteiger charge is 2.24. The van der Waals surface area contributed by atoms with Gasteiger partial charge in [0.05, 0.1) is 25.2 Å². The molecule has 0 aromatic carbocycles. The van der Waals surface area contributed by atoms with Crippen LogP contribution in [-0.4, -0.2) is 46.9 Å². The molecule has 0 aliphatic rings. The molecule has 6 heteroatoms. The summed E-state index contributed by atoms with van der Waals surface area (Å²) in [5.41, 5.74) is 0. The van der Waals surface area contributed by atoms with Crippen LogP contribution in [0.5, 0.6) is 0 Å². The lowest BCUT2D eigenvalue weighted by molar-refractivity contribution is -0.150. The second-order valence-corrected chi connectivity index (χ2v) is 17.2. The van der Waals surface area contributed by atoms with Crippen LogP contribution >= 0.6 is 0 Å². The first-order valence-corrected chi connectivity index (χ1v) is 25.5.